The first kappa shape index (κ1) is 17.2. The lowest BCUT2D eigenvalue weighted by atomic mass is 10.1. The van der Waals surface area contributed by atoms with Gasteiger partial charge >= 0.3 is 0 Å². The van der Waals surface area contributed by atoms with Crippen LogP contribution in [0.4, 0.5) is 5.69 Å². The van der Waals surface area contributed by atoms with Crippen molar-refractivity contribution >= 4 is 39.6 Å². The summed E-state index contributed by atoms with van der Waals surface area (Å²) in [5.41, 5.74) is 3.31. The number of hydrogen-bond acceptors (Lipinski definition) is 3. The molecular formula is C22H18N2O2S. The number of aromatic nitrogens is 1. The molecule has 4 rings (SSSR count). The number of aryl methyl sites for hydroxylation is 1. The van der Waals surface area contributed by atoms with Gasteiger partial charge in [0.05, 0.1) is 4.88 Å². The Kier molecular flexibility index (Phi) is 4.60. The summed E-state index contributed by atoms with van der Waals surface area (Å²) in [6, 6.07) is 19.0. The van der Waals surface area contributed by atoms with Crippen LogP contribution in [0.5, 0.6) is 0 Å². The fourth-order valence-electron chi connectivity index (χ4n) is 3.16. The van der Waals surface area contributed by atoms with Crippen LogP contribution in [0, 0.1) is 6.92 Å². The van der Waals surface area contributed by atoms with Gasteiger partial charge in [-0.05, 0) is 36.1 Å². The van der Waals surface area contributed by atoms with Crippen LogP contribution >= 0.6 is 11.3 Å². The molecule has 1 N–H and O–H groups in total. The molecule has 4 nitrogen and oxygen atoms in total. The van der Waals surface area contributed by atoms with E-state index in [-0.39, 0.29) is 18.2 Å². The third kappa shape index (κ3) is 3.41. The molecule has 0 aliphatic heterocycles. The second-order valence-corrected chi connectivity index (χ2v) is 7.31. The van der Waals surface area contributed by atoms with Gasteiger partial charge in [0.25, 0.3) is 0 Å². The highest BCUT2D eigenvalue weighted by Gasteiger charge is 2.18. The minimum absolute atomic E-state index is 0.0146. The minimum Gasteiger partial charge on any atom is -0.337 e. The summed E-state index contributed by atoms with van der Waals surface area (Å²) < 4.78 is 1.84. The molecule has 134 valence electrons. The van der Waals surface area contributed by atoms with Gasteiger partial charge in [0.1, 0.15) is 6.54 Å². The first-order valence-electron chi connectivity index (χ1n) is 8.65. The van der Waals surface area contributed by atoms with Crippen molar-refractivity contribution < 1.29 is 9.59 Å². The lowest BCUT2D eigenvalue weighted by Crippen LogP contribution is -2.18. The average molecular weight is 374 g/mol. The van der Waals surface area contributed by atoms with Gasteiger partial charge in [0, 0.05) is 28.4 Å². The number of hydrogen-bond donors (Lipinski definition) is 1. The van der Waals surface area contributed by atoms with Gasteiger partial charge in [-0.1, -0.05) is 42.5 Å². The van der Waals surface area contributed by atoms with Crippen molar-refractivity contribution in [2.45, 2.75) is 13.5 Å². The number of benzene rings is 2. The Hall–Kier alpha value is -3.18. The monoisotopic (exact) mass is 374 g/mol. The van der Waals surface area contributed by atoms with Gasteiger partial charge in [-0.2, -0.15) is 0 Å². The molecule has 0 spiro atoms. The topological polar surface area (TPSA) is 51.1 Å². The number of amides is 1. The van der Waals surface area contributed by atoms with E-state index in [1.165, 1.54) is 11.3 Å². The second kappa shape index (κ2) is 7.21. The lowest BCUT2D eigenvalue weighted by Gasteiger charge is -2.09. The van der Waals surface area contributed by atoms with E-state index >= 15 is 0 Å². The van der Waals surface area contributed by atoms with Crippen molar-refractivity contribution in [1.29, 1.82) is 0 Å². The van der Waals surface area contributed by atoms with Crippen molar-refractivity contribution in [3.63, 3.8) is 0 Å². The molecule has 2 heterocycles. The van der Waals surface area contributed by atoms with Gasteiger partial charge in [-0.3, -0.25) is 9.59 Å². The third-order valence-corrected chi connectivity index (χ3v) is 5.38. The number of anilines is 1. The largest absolute Gasteiger partial charge is 0.337 e. The molecule has 0 saturated carbocycles. The maximum Gasteiger partial charge on any atom is 0.244 e. The highest BCUT2D eigenvalue weighted by Crippen LogP contribution is 2.25. The van der Waals surface area contributed by atoms with Gasteiger partial charge in [-0.25, -0.2) is 0 Å². The maximum atomic E-state index is 12.9. The van der Waals surface area contributed by atoms with Crippen molar-refractivity contribution in [1.82, 2.24) is 4.57 Å². The molecule has 0 aliphatic carbocycles. The summed E-state index contributed by atoms with van der Waals surface area (Å²) in [6.45, 7) is 2.10. The summed E-state index contributed by atoms with van der Waals surface area (Å²) in [6.07, 6.45) is 1.78. The van der Waals surface area contributed by atoms with Crippen LogP contribution in [0.1, 0.15) is 20.8 Å². The standard InChI is InChI=1S/C22H18N2O2S/c1-15-7-2-4-9-18(15)23-21(25)14-24-13-17(16-8-3-5-10-19(16)24)22(26)20-11-6-12-27-20/h2-13H,14H2,1H3,(H,23,25). The molecule has 1 amide bonds. The molecule has 4 aromatic rings. The van der Waals surface area contributed by atoms with Crippen LogP contribution < -0.4 is 5.32 Å². The van der Waals surface area contributed by atoms with Gasteiger partial charge < -0.3 is 9.88 Å². The normalized spacial score (nSPS) is 10.9. The molecule has 27 heavy (non-hydrogen) atoms. The number of nitrogens with zero attached hydrogens (tertiary/aromatic N) is 1. The number of ketones is 1. The van der Waals surface area contributed by atoms with Gasteiger partial charge in [0.15, 0.2) is 0 Å². The van der Waals surface area contributed by atoms with Crippen molar-refractivity contribution in [2.75, 3.05) is 5.32 Å². The Morgan fingerprint density at radius 3 is 2.56 bits per heavy atom. The minimum atomic E-state index is -0.125. The SMILES string of the molecule is Cc1ccccc1NC(=O)Cn1cc(C(=O)c2cccs2)c2ccccc21. The summed E-state index contributed by atoms with van der Waals surface area (Å²) in [4.78, 5) is 26.1. The predicted octanol–water partition coefficient (Wildman–Crippen LogP) is 4.88. The maximum absolute atomic E-state index is 12.9. The number of fused-ring (bicyclic) bond motifs is 1. The smallest absolute Gasteiger partial charge is 0.244 e. The summed E-state index contributed by atoms with van der Waals surface area (Å²) in [5.74, 6) is -0.139. The predicted molar refractivity (Wildman–Crippen MR) is 109 cm³/mol. The molecule has 5 heteroatoms. The quantitative estimate of drug-likeness (QED) is 0.506. The highest BCUT2D eigenvalue weighted by atomic mass is 32.1. The summed E-state index contributed by atoms with van der Waals surface area (Å²) in [5, 5.41) is 5.70. The fraction of sp³-hybridized carbons (Fsp3) is 0.0909. The zero-order valence-electron chi connectivity index (χ0n) is 14.8. The number of carbonyl (C=O) groups is 2. The highest BCUT2D eigenvalue weighted by molar-refractivity contribution is 7.12. The van der Waals surface area contributed by atoms with Crippen molar-refractivity contribution in [3.8, 4) is 0 Å². The summed E-state index contributed by atoms with van der Waals surface area (Å²) in [7, 11) is 0. The van der Waals surface area contributed by atoms with Crippen LogP contribution in [0.25, 0.3) is 10.9 Å². The molecule has 0 saturated heterocycles. The lowest BCUT2D eigenvalue weighted by molar-refractivity contribution is -0.116. The zero-order chi connectivity index (χ0) is 18.8. The molecule has 2 aromatic carbocycles. The van der Waals surface area contributed by atoms with Crippen LogP contribution in [0.15, 0.2) is 72.2 Å². The Morgan fingerprint density at radius 2 is 1.78 bits per heavy atom. The number of rotatable bonds is 5. The van der Waals surface area contributed by atoms with Crippen molar-refractivity contribution in [2.24, 2.45) is 0 Å². The number of thiophene rings is 1. The van der Waals surface area contributed by atoms with Crippen LogP contribution in [-0.2, 0) is 11.3 Å². The third-order valence-electron chi connectivity index (χ3n) is 4.51. The average Bonchev–Trinajstić information content (AvgIpc) is 3.32. The number of nitrogens with one attached hydrogen (secondary N) is 1. The first-order chi connectivity index (χ1) is 13.1. The molecule has 0 radical (unpaired) electrons. The molecule has 0 fully saturated rings. The zero-order valence-corrected chi connectivity index (χ0v) is 15.6. The first-order valence-corrected chi connectivity index (χ1v) is 9.53. The van der Waals surface area contributed by atoms with Crippen molar-refractivity contribution in [3.05, 3.63) is 88.2 Å². The van der Waals surface area contributed by atoms with E-state index in [2.05, 4.69) is 5.32 Å². The van der Waals surface area contributed by atoms with Crippen LogP contribution in [0.2, 0.25) is 0 Å². The molecule has 2 aromatic heterocycles. The molecular weight excluding hydrogens is 356 g/mol. The molecule has 0 unspecified atom stereocenters. The Bertz CT molecular complexity index is 1130. The van der Waals surface area contributed by atoms with Crippen LogP contribution in [0.3, 0.4) is 0 Å². The number of carbonyl (C=O) groups excluding carboxylic acids is 2. The van der Waals surface area contributed by atoms with E-state index in [0.29, 0.717) is 10.4 Å². The molecule has 0 bridgehead atoms. The fourth-order valence-corrected chi connectivity index (χ4v) is 3.83. The van der Waals surface area contributed by atoms with E-state index in [1.54, 1.807) is 6.20 Å². The Labute approximate surface area is 161 Å². The van der Waals surface area contributed by atoms with E-state index in [9.17, 15) is 9.59 Å². The Morgan fingerprint density at radius 1 is 1.00 bits per heavy atom. The molecule has 0 aliphatic rings. The van der Waals surface area contributed by atoms with Gasteiger partial charge in [-0.15, -0.1) is 11.3 Å². The van der Waals surface area contributed by atoms with E-state index in [1.807, 2.05) is 77.5 Å². The van der Waals surface area contributed by atoms with E-state index in [0.717, 1.165) is 22.2 Å². The molecule has 0 atom stereocenters. The van der Waals surface area contributed by atoms with E-state index in [4.69, 9.17) is 0 Å². The number of para-hydroxylation sites is 2. The Balaban J connectivity index is 1.65. The van der Waals surface area contributed by atoms with Gasteiger partial charge in [0.2, 0.25) is 11.7 Å². The second-order valence-electron chi connectivity index (χ2n) is 6.36. The summed E-state index contributed by atoms with van der Waals surface area (Å²) >= 11 is 1.42. The van der Waals surface area contributed by atoms with Crippen LogP contribution in [-0.4, -0.2) is 16.3 Å². The van der Waals surface area contributed by atoms with E-state index < -0.39 is 0 Å².